The lowest BCUT2D eigenvalue weighted by Gasteiger charge is -2.14. The third-order valence-corrected chi connectivity index (χ3v) is 10.8. The molecule has 282 valence electrons. The van der Waals surface area contributed by atoms with E-state index in [1.165, 1.54) is 0 Å². The van der Waals surface area contributed by atoms with Crippen molar-refractivity contribution in [1.29, 1.82) is 0 Å². The second-order valence-electron chi connectivity index (χ2n) is 14.6. The highest BCUT2D eigenvalue weighted by molar-refractivity contribution is 6.31. The smallest absolute Gasteiger partial charge is 0.326 e. The number of benzene rings is 5. The number of nitrogens with one attached hydrogen (secondary N) is 1. The summed E-state index contributed by atoms with van der Waals surface area (Å²) in [5.74, 6) is -0.342. The van der Waals surface area contributed by atoms with Crippen molar-refractivity contribution < 1.29 is 9.53 Å². The second-order valence-corrected chi connectivity index (χ2v) is 14.6. The molecule has 5 aromatic carbocycles. The van der Waals surface area contributed by atoms with Crippen molar-refractivity contribution in [2.24, 2.45) is 9.98 Å². The molecule has 59 heavy (non-hydrogen) atoms. The van der Waals surface area contributed by atoms with Gasteiger partial charge in [-0.05, 0) is 70.3 Å². The summed E-state index contributed by atoms with van der Waals surface area (Å²) in [6, 6.07) is 57.6. The summed E-state index contributed by atoms with van der Waals surface area (Å²) in [7, 11) is 0. The number of fused-ring (bicyclic) bond motifs is 6. The SMILES string of the molecule is O=C(Cn1cc2cc1C(c1ccccc1)=C1C=CC(=N1)C(c1ccccc1)=c1ccc([nH]1)=C(c1ccccc1)C1=NC(=C2c2ccccc2)C=C1)OCc1ccccc1. The lowest BCUT2D eigenvalue weighted by molar-refractivity contribution is -0.145. The van der Waals surface area contributed by atoms with Crippen molar-refractivity contribution in [3.8, 4) is 0 Å². The maximum absolute atomic E-state index is 13.8. The normalized spacial score (nSPS) is 14.5. The Balaban J connectivity index is 1.27. The van der Waals surface area contributed by atoms with Crippen LogP contribution in [-0.4, -0.2) is 26.9 Å². The molecule has 6 heteroatoms. The number of rotatable bonds is 8. The summed E-state index contributed by atoms with van der Waals surface area (Å²) in [6.45, 7) is 0.179. The van der Waals surface area contributed by atoms with Gasteiger partial charge in [0.05, 0.1) is 28.5 Å². The van der Waals surface area contributed by atoms with Gasteiger partial charge < -0.3 is 14.3 Å². The first-order valence-corrected chi connectivity index (χ1v) is 19.7. The minimum absolute atomic E-state index is 0.00783. The van der Waals surface area contributed by atoms with E-state index in [0.717, 1.165) is 94.9 Å². The minimum Gasteiger partial charge on any atom is -0.459 e. The number of carbonyl (C=O) groups is 1. The molecule has 6 nitrogen and oxygen atoms in total. The van der Waals surface area contributed by atoms with E-state index >= 15 is 0 Å². The molecule has 0 aliphatic carbocycles. The number of allylic oxidation sites excluding steroid dienone is 4. The molecule has 0 amide bonds. The number of carbonyl (C=O) groups excluding carboxylic acids is 1. The highest BCUT2D eigenvalue weighted by atomic mass is 16.5. The maximum atomic E-state index is 13.8. The molecule has 10 rings (SSSR count). The van der Waals surface area contributed by atoms with Crippen molar-refractivity contribution in [2.45, 2.75) is 13.2 Å². The first-order chi connectivity index (χ1) is 29.2. The van der Waals surface area contributed by atoms with E-state index in [0.29, 0.717) is 0 Å². The van der Waals surface area contributed by atoms with Crippen LogP contribution in [0, 0.1) is 0 Å². The van der Waals surface area contributed by atoms with Gasteiger partial charge in [-0.25, -0.2) is 9.98 Å². The third kappa shape index (κ3) is 7.09. The molecule has 0 unspecified atom stereocenters. The Morgan fingerprint density at radius 1 is 0.492 bits per heavy atom. The van der Waals surface area contributed by atoms with E-state index < -0.39 is 0 Å². The van der Waals surface area contributed by atoms with Gasteiger partial charge in [-0.1, -0.05) is 152 Å². The van der Waals surface area contributed by atoms with Crippen LogP contribution < -0.4 is 10.7 Å². The molecule has 7 aromatic rings. The number of aliphatic imine (C=N–C) groups is 2. The van der Waals surface area contributed by atoms with Crippen molar-refractivity contribution >= 4 is 39.7 Å². The van der Waals surface area contributed by atoms with Gasteiger partial charge in [0, 0.05) is 44.8 Å². The molecule has 5 heterocycles. The monoisotopic (exact) mass is 762 g/mol. The van der Waals surface area contributed by atoms with Crippen LogP contribution in [0.5, 0.6) is 0 Å². The number of H-pyrrole nitrogens is 1. The summed E-state index contributed by atoms with van der Waals surface area (Å²) in [6.07, 6.45) is 10.4. The topological polar surface area (TPSA) is 71.7 Å². The zero-order chi connectivity index (χ0) is 39.5. The van der Waals surface area contributed by atoms with Gasteiger partial charge in [0.2, 0.25) is 0 Å². The standard InChI is InChI=1S/C53H38N4O2/c58-49(59-35-36-16-6-1-7-17-36)34-57-33-41-32-48(57)53(40-24-14-5-15-25-40)47-31-30-46(56-47)52(39-22-12-4-13-23-39)45-29-28-44(55-45)51(38-20-10-3-11-21-38)43-27-26-42(54-43)50(41)37-18-8-2-9-19-37/h1-33,55H,34-35H2. The van der Waals surface area contributed by atoms with Gasteiger partial charge in [-0.2, -0.15) is 0 Å². The van der Waals surface area contributed by atoms with E-state index in [9.17, 15) is 4.79 Å². The van der Waals surface area contributed by atoms with E-state index in [4.69, 9.17) is 14.7 Å². The zero-order valence-electron chi connectivity index (χ0n) is 32.1. The van der Waals surface area contributed by atoms with Crippen LogP contribution in [-0.2, 0) is 22.7 Å². The fourth-order valence-electron chi connectivity index (χ4n) is 8.07. The summed E-state index contributed by atoms with van der Waals surface area (Å²) < 4.78 is 7.90. The summed E-state index contributed by atoms with van der Waals surface area (Å²) in [5, 5.41) is 1.89. The van der Waals surface area contributed by atoms with Crippen molar-refractivity contribution in [1.82, 2.24) is 9.55 Å². The highest BCUT2D eigenvalue weighted by Crippen LogP contribution is 2.38. The second kappa shape index (κ2) is 15.6. The van der Waals surface area contributed by atoms with Crippen molar-refractivity contribution in [3.63, 3.8) is 0 Å². The van der Waals surface area contributed by atoms with Crippen LogP contribution in [0.4, 0.5) is 0 Å². The molecule has 1 N–H and O–H groups in total. The van der Waals surface area contributed by atoms with Crippen LogP contribution in [0.1, 0.15) is 39.1 Å². The Morgan fingerprint density at radius 3 is 1.44 bits per heavy atom. The average molecular weight is 763 g/mol. The zero-order valence-corrected chi connectivity index (χ0v) is 32.1. The van der Waals surface area contributed by atoms with Gasteiger partial charge in [-0.3, -0.25) is 4.79 Å². The summed E-state index contributed by atoms with van der Waals surface area (Å²) in [5.41, 5.74) is 13.8. The van der Waals surface area contributed by atoms with Crippen LogP contribution in [0.15, 0.2) is 222 Å². The molecule has 2 aromatic heterocycles. The Bertz CT molecular complexity index is 3040. The summed E-state index contributed by atoms with van der Waals surface area (Å²) in [4.78, 5) is 28.5. The highest BCUT2D eigenvalue weighted by Gasteiger charge is 2.25. The quantitative estimate of drug-likeness (QED) is 0.157. The average Bonchev–Trinajstić information content (AvgIpc) is 4.13. The van der Waals surface area contributed by atoms with Crippen molar-refractivity contribution in [2.75, 3.05) is 0 Å². The Hall–Kier alpha value is -7.83. The molecule has 0 fully saturated rings. The van der Waals surface area contributed by atoms with Crippen LogP contribution in [0.2, 0.25) is 0 Å². The molecule has 0 saturated carbocycles. The fraction of sp³-hybridized carbons (Fsp3) is 0.0377. The number of aromatic nitrogens is 2. The molecule has 0 spiro atoms. The van der Waals surface area contributed by atoms with Crippen LogP contribution in [0.3, 0.4) is 0 Å². The number of aromatic amines is 1. The molecular formula is C53H38N4O2. The number of ether oxygens (including phenoxy) is 1. The molecule has 0 atom stereocenters. The number of esters is 1. The lowest BCUT2D eigenvalue weighted by Crippen LogP contribution is -2.21. The van der Waals surface area contributed by atoms with Crippen molar-refractivity contribution in [3.05, 3.63) is 262 Å². The van der Waals surface area contributed by atoms with Gasteiger partial charge in [0.1, 0.15) is 13.2 Å². The van der Waals surface area contributed by atoms with Crippen LogP contribution in [0.25, 0.3) is 22.3 Å². The fourth-order valence-corrected chi connectivity index (χ4v) is 8.07. The Morgan fingerprint density at radius 2 is 0.932 bits per heavy atom. The van der Waals surface area contributed by atoms with Gasteiger partial charge in [0.15, 0.2) is 0 Å². The predicted molar refractivity (Wildman–Crippen MR) is 237 cm³/mol. The molecule has 0 saturated heterocycles. The van der Waals surface area contributed by atoms with Gasteiger partial charge >= 0.3 is 5.97 Å². The van der Waals surface area contributed by atoms with E-state index in [2.05, 4.69) is 126 Å². The number of hydrogen-bond donors (Lipinski definition) is 1. The molecule has 0 radical (unpaired) electrons. The van der Waals surface area contributed by atoms with Crippen LogP contribution >= 0.6 is 0 Å². The van der Waals surface area contributed by atoms with Gasteiger partial charge in [0.25, 0.3) is 0 Å². The molecule has 8 bridgehead atoms. The first kappa shape index (κ1) is 35.6. The third-order valence-electron chi connectivity index (χ3n) is 10.8. The van der Waals surface area contributed by atoms with E-state index in [1.807, 2.05) is 83.4 Å². The number of nitrogens with zero attached hydrogens (tertiary/aromatic N) is 3. The predicted octanol–water partition coefficient (Wildman–Crippen LogP) is 9.21. The van der Waals surface area contributed by atoms with E-state index in [-0.39, 0.29) is 19.1 Å². The molecule has 3 aliphatic heterocycles. The molecule has 3 aliphatic rings. The van der Waals surface area contributed by atoms with Gasteiger partial charge in [-0.15, -0.1) is 0 Å². The first-order valence-electron chi connectivity index (χ1n) is 19.7. The molecular weight excluding hydrogens is 725 g/mol. The maximum Gasteiger partial charge on any atom is 0.326 e. The van der Waals surface area contributed by atoms with E-state index in [1.54, 1.807) is 0 Å². The number of hydrogen-bond acceptors (Lipinski definition) is 4. The minimum atomic E-state index is -0.342. The Kier molecular flexibility index (Phi) is 9.41. The Labute approximate surface area is 342 Å². The summed E-state index contributed by atoms with van der Waals surface area (Å²) >= 11 is 0. The largest absolute Gasteiger partial charge is 0.459 e. The lowest BCUT2D eigenvalue weighted by atomic mass is 9.96.